The summed E-state index contributed by atoms with van der Waals surface area (Å²) < 4.78 is 5.82. The van der Waals surface area contributed by atoms with Gasteiger partial charge in [-0.3, -0.25) is 0 Å². The number of likely N-dealkylation sites (N-methyl/N-ethyl adjacent to an activating group) is 1. The van der Waals surface area contributed by atoms with Crippen LogP contribution >= 0.6 is 0 Å². The molecular weight excluding hydrogens is 222 g/mol. The van der Waals surface area contributed by atoms with Crippen LogP contribution in [-0.2, 0) is 4.74 Å². The summed E-state index contributed by atoms with van der Waals surface area (Å²) in [5.41, 5.74) is 0.0260. The Morgan fingerprint density at radius 1 is 0.944 bits per heavy atom. The molecule has 0 aromatic heterocycles. The van der Waals surface area contributed by atoms with Crippen molar-refractivity contribution in [1.82, 2.24) is 5.32 Å². The zero-order chi connectivity index (χ0) is 13.9. The van der Waals surface area contributed by atoms with Gasteiger partial charge in [-0.2, -0.15) is 0 Å². The van der Waals surface area contributed by atoms with Gasteiger partial charge in [-0.05, 0) is 26.3 Å². The fraction of sp³-hybridized carbons (Fsp3) is 1.00. The Labute approximate surface area is 115 Å². The SMILES string of the molecule is CCCCCCCCC(NC)C(CC)(CC)OC. The molecule has 2 nitrogen and oxygen atoms in total. The first-order valence-electron chi connectivity index (χ1n) is 7.93. The van der Waals surface area contributed by atoms with Crippen molar-refractivity contribution in [2.24, 2.45) is 0 Å². The lowest BCUT2D eigenvalue weighted by Gasteiger charge is -2.38. The van der Waals surface area contributed by atoms with Crippen molar-refractivity contribution < 1.29 is 4.74 Å². The van der Waals surface area contributed by atoms with Crippen molar-refractivity contribution in [1.29, 1.82) is 0 Å². The lowest BCUT2D eigenvalue weighted by Crippen LogP contribution is -2.50. The highest BCUT2D eigenvalue weighted by Crippen LogP contribution is 2.27. The van der Waals surface area contributed by atoms with E-state index >= 15 is 0 Å². The van der Waals surface area contributed by atoms with E-state index in [9.17, 15) is 0 Å². The van der Waals surface area contributed by atoms with Crippen molar-refractivity contribution in [3.63, 3.8) is 0 Å². The predicted octanol–water partition coefficient (Wildman–Crippen LogP) is 4.53. The molecule has 0 aliphatic heterocycles. The molecule has 0 spiro atoms. The molecule has 0 bridgehead atoms. The van der Waals surface area contributed by atoms with E-state index in [1.54, 1.807) is 0 Å². The normalized spacial score (nSPS) is 13.8. The van der Waals surface area contributed by atoms with Crippen molar-refractivity contribution >= 4 is 0 Å². The van der Waals surface area contributed by atoms with Crippen LogP contribution in [0.1, 0.15) is 78.6 Å². The minimum Gasteiger partial charge on any atom is -0.377 e. The molecule has 0 radical (unpaired) electrons. The van der Waals surface area contributed by atoms with Gasteiger partial charge in [0.05, 0.1) is 5.60 Å². The van der Waals surface area contributed by atoms with Gasteiger partial charge >= 0.3 is 0 Å². The van der Waals surface area contributed by atoms with E-state index in [4.69, 9.17) is 4.74 Å². The van der Waals surface area contributed by atoms with E-state index in [1.807, 2.05) is 7.11 Å². The van der Waals surface area contributed by atoms with Gasteiger partial charge in [0, 0.05) is 13.2 Å². The second-order valence-electron chi connectivity index (χ2n) is 5.37. The zero-order valence-corrected chi connectivity index (χ0v) is 13.3. The highest BCUT2D eigenvalue weighted by molar-refractivity contribution is 4.90. The maximum Gasteiger partial charge on any atom is 0.0825 e. The topological polar surface area (TPSA) is 21.3 Å². The van der Waals surface area contributed by atoms with Crippen molar-refractivity contribution in [3.8, 4) is 0 Å². The number of rotatable bonds is 12. The summed E-state index contributed by atoms with van der Waals surface area (Å²) in [4.78, 5) is 0. The Bertz CT molecular complexity index is 170. The zero-order valence-electron chi connectivity index (χ0n) is 13.3. The molecule has 0 aliphatic rings. The van der Waals surface area contributed by atoms with E-state index in [2.05, 4.69) is 33.1 Å². The van der Waals surface area contributed by atoms with Gasteiger partial charge in [-0.25, -0.2) is 0 Å². The molecule has 0 amide bonds. The second kappa shape index (κ2) is 10.8. The van der Waals surface area contributed by atoms with Crippen LogP contribution in [0.15, 0.2) is 0 Å². The third kappa shape index (κ3) is 5.71. The maximum absolute atomic E-state index is 5.82. The third-order valence-corrected chi connectivity index (χ3v) is 4.43. The summed E-state index contributed by atoms with van der Waals surface area (Å²) in [6.45, 7) is 6.74. The lowest BCUT2D eigenvalue weighted by atomic mass is 9.85. The fourth-order valence-corrected chi connectivity index (χ4v) is 2.97. The molecule has 110 valence electrons. The average molecular weight is 257 g/mol. The summed E-state index contributed by atoms with van der Waals surface area (Å²) in [6.07, 6.45) is 11.6. The molecule has 1 N–H and O–H groups in total. The van der Waals surface area contributed by atoms with Crippen LogP contribution in [0, 0.1) is 0 Å². The smallest absolute Gasteiger partial charge is 0.0825 e. The van der Waals surface area contributed by atoms with Gasteiger partial charge in [0.2, 0.25) is 0 Å². The van der Waals surface area contributed by atoms with Crippen molar-refractivity contribution in [2.75, 3.05) is 14.2 Å². The minimum atomic E-state index is 0.0260. The fourth-order valence-electron chi connectivity index (χ4n) is 2.97. The predicted molar refractivity (Wildman–Crippen MR) is 81.2 cm³/mol. The first-order valence-corrected chi connectivity index (χ1v) is 7.93. The van der Waals surface area contributed by atoms with Crippen LogP contribution in [0.25, 0.3) is 0 Å². The van der Waals surface area contributed by atoms with Crippen LogP contribution in [-0.4, -0.2) is 25.8 Å². The molecule has 1 atom stereocenters. The lowest BCUT2D eigenvalue weighted by molar-refractivity contribution is -0.0481. The molecule has 0 saturated heterocycles. The minimum absolute atomic E-state index is 0.0260. The first kappa shape index (κ1) is 17.9. The van der Waals surface area contributed by atoms with Gasteiger partial charge in [0.1, 0.15) is 0 Å². The molecule has 2 heteroatoms. The Balaban J connectivity index is 4.01. The highest BCUT2D eigenvalue weighted by Gasteiger charge is 2.34. The van der Waals surface area contributed by atoms with Gasteiger partial charge in [-0.15, -0.1) is 0 Å². The Morgan fingerprint density at radius 3 is 1.94 bits per heavy atom. The highest BCUT2D eigenvalue weighted by atomic mass is 16.5. The summed E-state index contributed by atoms with van der Waals surface area (Å²) in [5.74, 6) is 0. The Morgan fingerprint density at radius 2 is 1.50 bits per heavy atom. The molecule has 0 saturated carbocycles. The number of hydrogen-bond acceptors (Lipinski definition) is 2. The molecule has 0 fully saturated rings. The number of nitrogens with one attached hydrogen (secondary N) is 1. The van der Waals surface area contributed by atoms with Gasteiger partial charge < -0.3 is 10.1 Å². The number of ether oxygens (including phenoxy) is 1. The average Bonchev–Trinajstić information content (AvgIpc) is 2.42. The largest absolute Gasteiger partial charge is 0.377 e. The van der Waals surface area contributed by atoms with Gasteiger partial charge in [0.25, 0.3) is 0 Å². The molecule has 18 heavy (non-hydrogen) atoms. The van der Waals surface area contributed by atoms with E-state index in [-0.39, 0.29) is 5.60 Å². The molecule has 1 unspecified atom stereocenters. The number of methoxy groups -OCH3 is 1. The molecule has 0 rings (SSSR count). The van der Waals surface area contributed by atoms with Crippen LogP contribution in [0.2, 0.25) is 0 Å². The summed E-state index contributed by atoms with van der Waals surface area (Å²) in [7, 11) is 3.93. The van der Waals surface area contributed by atoms with E-state index in [1.165, 1.54) is 44.9 Å². The summed E-state index contributed by atoms with van der Waals surface area (Å²) in [5, 5.41) is 3.47. The Kier molecular flexibility index (Phi) is 10.8. The van der Waals surface area contributed by atoms with Crippen LogP contribution in [0.4, 0.5) is 0 Å². The first-order chi connectivity index (χ1) is 8.70. The third-order valence-electron chi connectivity index (χ3n) is 4.43. The molecule has 0 heterocycles. The standard InChI is InChI=1S/C16H35NO/c1-6-9-10-11-12-13-14-15(17-4)16(7-2,8-3)18-5/h15,17H,6-14H2,1-5H3. The van der Waals surface area contributed by atoms with Crippen LogP contribution in [0.3, 0.4) is 0 Å². The molecule has 0 aliphatic carbocycles. The maximum atomic E-state index is 5.82. The van der Waals surface area contributed by atoms with Crippen LogP contribution in [0.5, 0.6) is 0 Å². The van der Waals surface area contributed by atoms with Crippen LogP contribution < -0.4 is 5.32 Å². The molecule has 0 aromatic rings. The van der Waals surface area contributed by atoms with E-state index in [0.717, 1.165) is 12.8 Å². The monoisotopic (exact) mass is 257 g/mol. The second-order valence-corrected chi connectivity index (χ2v) is 5.37. The molecule has 0 aromatic carbocycles. The summed E-state index contributed by atoms with van der Waals surface area (Å²) in [6, 6.07) is 0.490. The van der Waals surface area contributed by atoms with Crippen molar-refractivity contribution in [3.05, 3.63) is 0 Å². The van der Waals surface area contributed by atoms with Gasteiger partial charge in [0.15, 0.2) is 0 Å². The van der Waals surface area contributed by atoms with E-state index < -0.39 is 0 Å². The van der Waals surface area contributed by atoms with Gasteiger partial charge in [-0.1, -0.05) is 59.3 Å². The van der Waals surface area contributed by atoms with Crippen molar-refractivity contribution in [2.45, 2.75) is 90.2 Å². The summed E-state index contributed by atoms with van der Waals surface area (Å²) >= 11 is 0. The Hall–Kier alpha value is -0.0800. The molecular formula is C16H35NO. The quantitative estimate of drug-likeness (QED) is 0.519. The number of hydrogen-bond donors (Lipinski definition) is 1. The number of unbranched alkanes of at least 4 members (excludes halogenated alkanes) is 5. The van der Waals surface area contributed by atoms with E-state index in [0.29, 0.717) is 6.04 Å².